The van der Waals surface area contributed by atoms with Crippen molar-refractivity contribution in [1.29, 1.82) is 0 Å². The fourth-order valence-electron chi connectivity index (χ4n) is 10.1. The van der Waals surface area contributed by atoms with Gasteiger partial charge in [-0.2, -0.15) is 0 Å². The normalized spacial score (nSPS) is 10.5. The minimum absolute atomic E-state index is 0. The summed E-state index contributed by atoms with van der Waals surface area (Å²) in [7, 11) is 1.50. The number of rotatable bonds is 57. The molecular formula is C85H133Cl3N25NaO17. The molecule has 0 spiro atoms. The number of amides is 5. The monoisotopic (exact) mass is 1900 g/mol. The Balaban J connectivity index is 0. The first-order chi connectivity index (χ1) is 63.3. The molecule has 2 heterocycles. The molecule has 722 valence electrons. The van der Waals surface area contributed by atoms with Gasteiger partial charge in [-0.05, 0) is 56.5 Å². The first-order valence-corrected chi connectivity index (χ1v) is 43.5. The SMILES string of the molecule is ClCCOCCCl.Cn1c(C(=O)Cl)cccc1=O.NCCN(CCN)CCOCCN(CCN)CCN.NCCOCCN.O=C(NCCN(CCNC(=O)OCc1ccccc1)CCOCCN(CCNC(=O)OCc1ccccc1)CCNC(=O)OCc1ccccc1)OCc1ccccc1.O=C(OCc1ccccc1)N1CC1.[N-]=[N+]=NCCOCCN=[N+]=[N-].[N-]=[N+]=[N-].[Na+]. The van der Waals surface area contributed by atoms with Crippen LogP contribution in [-0.4, -0.2) is 313 Å². The fraction of sp³-hybridized carbons (Fsp3) is 0.518. The first kappa shape index (κ1) is 123. The van der Waals surface area contributed by atoms with E-state index in [4.69, 9.17) is 139 Å². The van der Waals surface area contributed by atoms with E-state index >= 15 is 0 Å². The van der Waals surface area contributed by atoms with Crippen LogP contribution in [0.3, 0.4) is 0 Å². The van der Waals surface area contributed by atoms with Gasteiger partial charge in [0.15, 0.2) is 0 Å². The van der Waals surface area contributed by atoms with Crippen molar-refractivity contribution >= 4 is 70.5 Å². The van der Waals surface area contributed by atoms with Gasteiger partial charge in [-0.15, -0.1) is 23.2 Å². The van der Waals surface area contributed by atoms with Crippen LogP contribution < -0.4 is 90.8 Å². The minimum Gasteiger partial charge on any atom is -0.445 e. The summed E-state index contributed by atoms with van der Waals surface area (Å²) in [6.07, 6.45) is -2.29. The van der Waals surface area contributed by atoms with Gasteiger partial charge in [-0.1, -0.05) is 168 Å². The average Bonchev–Trinajstić information content (AvgIpc) is 1.47. The summed E-state index contributed by atoms with van der Waals surface area (Å²) in [6, 6.07) is 51.8. The summed E-state index contributed by atoms with van der Waals surface area (Å²) in [5.74, 6) is 1.10. The quantitative estimate of drug-likeness (QED) is 0.00275. The Morgan fingerprint density at radius 2 is 0.641 bits per heavy atom. The van der Waals surface area contributed by atoms with Gasteiger partial charge in [0.2, 0.25) is 0 Å². The number of hydrogen-bond donors (Lipinski definition) is 10. The molecule has 0 atom stereocenters. The minimum atomic E-state index is -0.620. The van der Waals surface area contributed by atoms with Gasteiger partial charge in [0, 0.05) is 205 Å². The molecule has 1 aromatic heterocycles. The van der Waals surface area contributed by atoms with Crippen LogP contribution in [0.25, 0.3) is 36.9 Å². The van der Waals surface area contributed by atoms with E-state index in [-0.39, 0.29) is 73.3 Å². The second-order valence-corrected chi connectivity index (χ2v) is 27.7. The van der Waals surface area contributed by atoms with Gasteiger partial charge in [0.25, 0.3) is 10.8 Å². The molecule has 7 rings (SSSR count). The zero-order valence-electron chi connectivity index (χ0n) is 75.3. The fourth-order valence-corrected chi connectivity index (χ4v) is 10.5. The zero-order valence-corrected chi connectivity index (χ0v) is 79.6. The third-order valence-electron chi connectivity index (χ3n) is 16.7. The molecule has 1 aliphatic rings. The average molecular weight is 1910 g/mol. The molecule has 1 aliphatic heterocycles. The van der Waals surface area contributed by atoms with Crippen molar-refractivity contribution in [3.05, 3.63) is 251 Å². The zero-order chi connectivity index (χ0) is 95.6. The molecule has 5 amide bonds. The Morgan fingerprint density at radius 3 is 0.893 bits per heavy atom. The molecule has 5 aromatic carbocycles. The largest absolute Gasteiger partial charge is 1.00 e. The summed E-state index contributed by atoms with van der Waals surface area (Å²) in [5, 5.41) is 17.0. The van der Waals surface area contributed by atoms with Gasteiger partial charge in [-0.25, -0.2) is 24.0 Å². The molecule has 6 aromatic rings. The van der Waals surface area contributed by atoms with E-state index in [1.54, 1.807) is 4.90 Å². The topological polar surface area (TPSA) is 593 Å². The Hall–Kier alpha value is -9.73. The molecule has 0 aliphatic carbocycles. The van der Waals surface area contributed by atoms with Crippen LogP contribution in [0.5, 0.6) is 0 Å². The summed E-state index contributed by atoms with van der Waals surface area (Å²) in [5.41, 5.74) is 66.1. The number of azide groups is 2. The second kappa shape index (κ2) is 90.8. The number of carbonyl (C=O) groups is 6. The van der Waals surface area contributed by atoms with Crippen LogP contribution in [0.4, 0.5) is 24.0 Å². The van der Waals surface area contributed by atoms with E-state index in [1.807, 2.05) is 152 Å². The Kier molecular flexibility index (Phi) is 85.5. The smallest absolute Gasteiger partial charge is 0.445 e. The van der Waals surface area contributed by atoms with E-state index < -0.39 is 29.6 Å². The van der Waals surface area contributed by atoms with Crippen LogP contribution >= 0.6 is 34.8 Å². The van der Waals surface area contributed by atoms with Crippen molar-refractivity contribution in [2.45, 2.75) is 33.0 Å². The molecule has 0 radical (unpaired) electrons. The number of pyridine rings is 1. The number of carbonyl (C=O) groups excluding carboxylic acids is 6. The van der Waals surface area contributed by atoms with Crippen molar-refractivity contribution in [3.63, 3.8) is 0 Å². The summed E-state index contributed by atoms with van der Waals surface area (Å²) >= 11 is 15.7. The molecule has 1 fully saturated rings. The van der Waals surface area contributed by atoms with E-state index in [0.717, 1.165) is 80.2 Å². The number of alkyl carbamates (subject to hydrolysis) is 4. The molecule has 1 saturated heterocycles. The van der Waals surface area contributed by atoms with Gasteiger partial charge in [0.1, 0.15) is 38.7 Å². The molecule has 16 N–H and O–H groups in total. The standard InChI is InChI=1S/C44H56N6O9.C12H32N6O.C10H11NO2.C7H6ClNO2.C4H8Cl2O.C4H8N6O.C4H12N2O.N3.Na/c51-41(56-33-37-13-5-1-6-14-37)45-21-25-49(26-22-46-42(52)57-34-38-15-7-2-8-16-38)29-31-55-32-30-50(27-23-47-43(53)58-35-39-17-9-3-10-18-39)28-24-48-44(54)59-36-40-19-11-4-12-20-40;13-1-5-17(6-2-14)9-11-19-12-10-18(7-3-15)8-4-16;12-10(11-6-7-11)13-8-9-4-2-1-3-5-9;1-9-5(7(8)11)3-2-4-6(9)10;5-1-3-7-4-2-6;5-9-7-1-3-11-4-2-8-10-6;5-1-3-7-4-2-6;1-3-2;/h1-20H,21-36H2,(H,45,51)(H,46,52)(H,47,53)(H,48,54);1-16H2;1-5H,6-8H2;2-4H,1H3;1-4H2;1-4H2;1-6H2;;/q;;;;;;;-1;+1. The van der Waals surface area contributed by atoms with E-state index in [0.29, 0.717) is 202 Å². The van der Waals surface area contributed by atoms with Crippen LogP contribution in [0.2, 0.25) is 0 Å². The van der Waals surface area contributed by atoms with Crippen LogP contribution in [0.1, 0.15) is 38.3 Å². The first-order valence-electron chi connectivity index (χ1n) is 42.1. The number of nitrogens with zero attached hydrogens (tertiary/aromatic N) is 15. The number of nitrogens with two attached hydrogens (primary N) is 6. The van der Waals surface area contributed by atoms with E-state index in [9.17, 15) is 33.6 Å². The molecule has 0 bridgehead atoms. The number of halogens is 3. The predicted octanol–water partition coefficient (Wildman–Crippen LogP) is 5.05. The van der Waals surface area contributed by atoms with Crippen molar-refractivity contribution < 1.29 is 106 Å². The molecule has 0 unspecified atom stereocenters. The summed E-state index contributed by atoms with van der Waals surface area (Å²) in [4.78, 5) is 98.8. The van der Waals surface area contributed by atoms with Gasteiger partial charge >= 0.3 is 60.0 Å². The molecule has 42 nitrogen and oxygen atoms in total. The van der Waals surface area contributed by atoms with E-state index in [2.05, 4.69) is 60.9 Å². The third-order valence-corrected chi connectivity index (χ3v) is 17.2. The van der Waals surface area contributed by atoms with Crippen LogP contribution in [0, 0.1) is 0 Å². The maximum atomic E-state index is 12.3. The maximum Gasteiger partial charge on any atom is 1.00 e. The van der Waals surface area contributed by atoms with Crippen LogP contribution in [-0.2, 0) is 87.5 Å². The molecular weight excluding hydrogens is 1770 g/mol. The predicted molar refractivity (Wildman–Crippen MR) is 502 cm³/mol. The number of benzene rings is 5. The molecule has 131 heavy (non-hydrogen) atoms. The number of alkyl halides is 2. The number of aromatic nitrogens is 1. The molecule has 0 saturated carbocycles. The van der Waals surface area contributed by atoms with Crippen LogP contribution in [0.15, 0.2) is 185 Å². The Labute approximate surface area is 804 Å². The van der Waals surface area contributed by atoms with Crippen molar-refractivity contribution in [2.75, 3.05) is 248 Å². The Bertz CT molecular complexity index is 3670. The summed E-state index contributed by atoms with van der Waals surface area (Å²) < 4.78 is 53.9. The third kappa shape index (κ3) is 76.5. The van der Waals surface area contributed by atoms with Gasteiger partial charge in [0.05, 0.1) is 66.1 Å². The number of nitrogens with one attached hydrogen (secondary N) is 4. The number of ether oxygens (including phenoxy) is 10. The van der Waals surface area contributed by atoms with E-state index in [1.165, 1.54) is 34.7 Å². The van der Waals surface area contributed by atoms with Crippen molar-refractivity contribution in [2.24, 2.45) is 51.7 Å². The maximum absolute atomic E-state index is 12.3. The number of hydrogen-bond acceptors (Lipinski definition) is 29. The van der Waals surface area contributed by atoms with Crippen molar-refractivity contribution in [3.8, 4) is 0 Å². The Morgan fingerprint density at radius 1 is 0.374 bits per heavy atom. The van der Waals surface area contributed by atoms with Gasteiger partial charge < -0.3 is 124 Å². The van der Waals surface area contributed by atoms with Gasteiger partial charge in [-0.3, -0.25) is 34.1 Å². The summed E-state index contributed by atoms with van der Waals surface area (Å²) in [6.45, 7) is 21.9. The van der Waals surface area contributed by atoms with Crippen molar-refractivity contribution in [1.82, 2.24) is 50.3 Å². The second-order valence-electron chi connectivity index (χ2n) is 26.6. The molecule has 46 heteroatoms.